The lowest BCUT2D eigenvalue weighted by Gasteiger charge is -2.24. The Bertz CT molecular complexity index is 1000. The van der Waals surface area contributed by atoms with Crippen LogP contribution in [0.15, 0.2) is 46.6 Å². The summed E-state index contributed by atoms with van der Waals surface area (Å²) < 4.78 is 0. The Morgan fingerprint density at radius 2 is 1.81 bits per heavy atom. The first-order valence-corrected chi connectivity index (χ1v) is 10.3. The van der Waals surface area contributed by atoms with Crippen molar-refractivity contribution in [1.29, 1.82) is 0 Å². The minimum atomic E-state index is -0.833. The summed E-state index contributed by atoms with van der Waals surface area (Å²) in [6.07, 6.45) is -0.406. The summed E-state index contributed by atoms with van der Waals surface area (Å²) in [5.41, 5.74) is 4.68. The summed E-state index contributed by atoms with van der Waals surface area (Å²) in [6.45, 7) is 9.17. The van der Waals surface area contributed by atoms with Gasteiger partial charge in [0.2, 0.25) is 0 Å². The maximum absolute atomic E-state index is 11.2. The van der Waals surface area contributed by atoms with E-state index in [4.69, 9.17) is 9.90 Å². The van der Waals surface area contributed by atoms with Crippen molar-refractivity contribution in [3.05, 3.63) is 57.6 Å². The number of nitro groups is 1. The predicted octanol–water partition coefficient (Wildman–Crippen LogP) is 4.92. The van der Waals surface area contributed by atoms with Gasteiger partial charge in [-0.05, 0) is 44.5 Å². The molecular weight excluding hydrogens is 412 g/mol. The second-order valence-electron chi connectivity index (χ2n) is 7.35. The van der Waals surface area contributed by atoms with Gasteiger partial charge >= 0.3 is 0 Å². The van der Waals surface area contributed by atoms with E-state index in [-0.39, 0.29) is 10.6 Å². The Kier molecular flexibility index (Phi) is 8.25. The third kappa shape index (κ3) is 5.58. The van der Waals surface area contributed by atoms with Crippen LogP contribution in [0.1, 0.15) is 38.1 Å². The third-order valence-corrected chi connectivity index (χ3v) is 5.27. The fraction of sp³-hybridized carbons (Fsp3) is 0.409. The van der Waals surface area contributed by atoms with Gasteiger partial charge in [0.15, 0.2) is 6.17 Å². The minimum Gasteiger partial charge on any atom is -0.481 e. The smallest absolute Gasteiger partial charge is 0.300 e. The molecule has 0 amide bonds. The number of hydrazine groups is 1. The number of hydrogen-bond donors (Lipinski definition) is 1. The van der Waals surface area contributed by atoms with Crippen LogP contribution in [0.4, 0.5) is 22.7 Å². The Morgan fingerprint density at radius 3 is 2.38 bits per heavy atom. The zero-order valence-electron chi connectivity index (χ0n) is 19.3. The molecule has 3 rings (SSSR count). The third-order valence-electron chi connectivity index (χ3n) is 5.27. The minimum absolute atomic E-state index is 0.0577. The summed E-state index contributed by atoms with van der Waals surface area (Å²) in [5.74, 6) is -0.833. The van der Waals surface area contributed by atoms with E-state index in [9.17, 15) is 10.1 Å². The summed E-state index contributed by atoms with van der Waals surface area (Å²) in [6, 6.07) is 11.0. The number of hydrogen-bond acceptors (Lipinski definition) is 8. The number of non-ortho nitro benzene ring substituents is 1. The van der Waals surface area contributed by atoms with Crippen molar-refractivity contribution in [2.24, 2.45) is 10.2 Å². The van der Waals surface area contributed by atoms with E-state index < -0.39 is 12.1 Å². The first-order valence-electron chi connectivity index (χ1n) is 10.3. The van der Waals surface area contributed by atoms with Gasteiger partial charge in [-0.15, -0.1) is 0 Å². The van der Waals surface area contributed by atoms with Crippen LogP contribution in [0.5, 0.6) is 0 Å². The molecule has 1 heterocycles. The molecule has 1 atom stereocenters. The van der Waals surface area contributed by atoms with Crippen LogP contribution in [-0.4, -0.2) is 48.2 Å². The summed E-state index contributed by atoms with van der Waals surface area (Å²) in [7, 11) is 3.81. The van der Waals surface area contributed by atoms with Crippen LogP contribution in [0, 0.1) is 17.0 Å². The molecule has 10 nitrogen and oxygen atoms in total. The second kappa shape index (κ2) is 10.7. The standard InChI is InChI=1S/C20H26N6O2.C2H4O2/c1-6-25(7-2)15-9-8-14(3)18(13-15)21-22-20-17-12-16(26(27)28)10-11-19(17)23(4)24(20)5;1-2(3)4/h8-13,20H,6-7H2,1-5H3;1H3,(H,3,4). The van der Waals surface area contributed by atoms with Gasteiger partial charge in [-0.3, -0.25) is 14.9 Å². The first-order chi connectivity index (χ1) is 15.1. The Hall–Kier alpha value is -3.53. The molecule has 2 aromatic rings. The largest absolute Gasteiger partial charge is 0.481 e. The summed E-state index contributed by atoms with van der Waals surface area (Å²) in [4.78, 5) is 22.0. The van der Waals surface area contributed by atoms with Gasteiger partial charge in [-0.1, -0.05) is 6.07 Å². The Labute approximate surface area is 187 Å². The lowest BCUT2D eigenvalue weighted by Crippen LogP contribution is -2.32. The van der Waals surface area contributed by atoms with Gasteiger partial charge in [0, 0.05) is 57.5 Å². The number of carboxylic acid groups (broad SMARTS) is 1. The van der Waals surface area contributed by atoms with Crippen LogP contribution in [0.25, 0.3) is 0 Å². The number of azo groups is 1. The Morgan fingerprint density at radius 1 is 1.19 bits per heavy atom. The van der Waals surface area contributed by atoms with Crippen LogP contribution in [0.3, 0.4) is 0 Å². The normalized spacial score (nSPS) is 15.3. The highest BCUT2D eigenvalue weighted by molar-refractivity contribution is 5.63. The summed E-state index contributed by atoms with van der Waals surface area (Å²) in [5, 5.41) is 31.5. The summed E-state index contributed by atoms with van der Waals surface area (Å²) >= 11 is 0. The van der Waals surface area contributed by atoms with E-state index >= 15 is 0 Å². The molecule has 0 saturated carbocycles. The van der Waals surface area contributed by atoms with Crippen molar-refractivity contribution >= 4 is 28.7 Å². The van der Waals surface area contributed by atoms with E-state index in [1.54, 1.807) is 12.1 Å². The number of rotatable bonds is 6. The quantitative estimate of drug-likeness (QED) is 0.383. The lowest BCUT2D eigenvalue weighted by atomic mass is 10.1. The highest BCUT2D eigenvalue weighted by atomic mass is 16.6. The molecule has 0 radical (unpaired) electrons. The fourth-order valence-corrected chi connectivity index (χ4v) is 3.44. The highest BCUT2D eigenvalue weighted by Gasteiger charge is 2.33. The molecule has 0 aliphatic carbocycles. The number of carbonyl (C=O) groups is 1. The molecule has 0 spiro atoms. The van der Waals surface area contributed by atoms with Crippen molar-refractivity contribution in [2.75, 3.05) is 37.1 Å². The molecule has 32 heavy (non-hydrogen) atoms. The molecule has 10 heteroatoms. The van der Waals surface area contributed by atoms with E-state index in [0.717, 1.165) is 48.2 Å². The van der Waals surface area contributed by atoms with Crippen molar-refractivity contribution in [1.82, 2.24) is 5.01 Å². The van der Waals surface area contributed by atoms with Crippen molar-refractivity contribution in [3.8, 4) is 0 Å². The van der Waals surface area contributed by atoms with E-state index in [0.29, 0.717) is 0 Å². The SMILES string of the molecule is CC(=O)O.CCN(CC)c1ccc(C)c(N=NC2c3cc([N+](=O)[O-])ccc3N(C)N2C)c1. The van der Waals surface area contributed by atoms with E-state index in [1.165, 1.54) is 6.07 Å². The number of aryl methyl sites for hydroxylation is 1. The number of nitro benzene ring substituents is 1. The van der Waals surface area contributed by atoms with Gasteiger partial charge in [0.1, 0.15) is 0 Å². The molecule has 0 fully saturated rings. The van der Waals surface area contributed by atoms with Gasteiger partial charge in [0.05, 0.1) is 16.3 Å². The lowest BCUT2D eigenvalue weighted by molar-refractivity contribution is -0.384. The average Bonchev–Trinajstić information content (AvgIpc) is 2.98. The number of nitrogens with zero attached hydrogens (tertiary/aromatic N) is 6. The number of anilines is 2. The first kappa shape index (κ1) is 24.7. The maximum Gasteiger partial charge on any atom is 0.300 e. The maximum atomic E-state index is 11.2. The number of carboxylic acids is 1. The molecule has 1 unspecified atom stereocenters. The molecule has 1 aliphatic rings. The molecule has 1 N–H and O–H groups in total. The zero-order valence-corrected chi connectivity index (χ0v) is 19.3. The number of benzene rings is 2. The second-order valence-corrected chi connectivity index (χ2v) is 7.35. The monoisotopic (exact) mass is 442 g/mol. The van der Waals surface area contributed by atoms with Crippen molar-refractivity contribution in [3.63, 3.8) is 0 Å². The number of fused-ring (bicyclic) bond motifs is 1. The van der Waals surface area contributed by atoms with Crippen molar-refractivity contribution in [2.45, 2.75) is 33.9 Å². The predicted molar refractivity (Wildman–Crippen MR) is 125 cm³/mol. The van der Waals surface area contributed by atoms with Gasteiger partial charge in [0.25, 0.3) is 11.7 Å². The average molecular weight is 443 g/mol. The van der Waals surface area contributed by atoms with Crippen LogP contribution >= 0.6 is 0 Å². The molecule has 2 aromatic carbocycles. The molecule has 0 bridgehead atoms. The van der Waals surface area contributed by atoms with Crippen molar-refractivity contribution < 1.29 is 14.8 Å². The van der Waals surface area contributed by atoms with Crippen LogP contribution < -0.4 is 9.91 Å². The Balaban J connectivity index is 0.000000837. The highest BCUT2D eigenvalue weighted by Crippen LogP contribution is 2.41. The zero-order chi connectivity index (χ0) is 24.0. The van der Waals surface area contributed by atoms with Crippen LogP contribution in [-0.2, 0) is 4.79 Å². The molecule has 0 aromatic heterocycles. The molecular formula is C22H30N6O4. The number of aliphatic carboxylic acids is 1. The van der Waals surface area contributed by atoms with Gasteiger partial charge in [-0.25, -0.2) is 0 Å². The van der Waals surface area contributed by atoms with E-state index in [2.05, 4.69) is 35.0 Å². The molecule has 1 aliphatic heterocycles. The fourth-order valence-electron chi connectivity index (χ4n) is 3.44. The van der Waals surface area contributed by atoms with Gasteiger partial charge < -0.3 is 15.0 Å². The molecule has 0 saturated heterocycles. The molecule has 172 valence electrons. The van der Waals surface area contributed by atoms with E-state index in [1.807, 2.05) is 43.2 Å². The topological polar surface area (TPSA) is 115 Å². The van der Waals surface area contributed by atoms with Crippen LogP contribution in [0.2, 0.25) is 0 Å². The van der Waals surface area contributed by atoms with Gasteiger partial charge in [-0.2, -0.15) is 15.2 Å².